The molecule has 0 radical (unpaired) electrons. The highest BCUT2D eigenvalue weighted by atomic mass is 32.2. The summed E-state index contributed by atoms with van der Waals surface area (Å²) in [5.74, 6) is -0.102. The number of carbonyl (C=O) groups is 1. The van der Waals surface area contributed by atoms with Crippen LogP contribution in [0.4, 0.5) is 5.69 Å². The molecule has 0 saturated carbocycles. The van der Waals surface area contributed by atoms with E-state index in [1.54, 1.807) is 22.4 Å². The molecular formula is C17H22N2O3S2. The number of thiophene rings is 1. The number of nitrogens with one attached hydrogen (secondary N) is 1. The summed E-state index contributed by atoms with van der Waals surface area (Å²) < 4.78 is 27.2. The molecule has 0 aliphatic carbocycles. The molecule has 1 aromatic heterocycles. The van der Waals surface area contributed by atoms with Gasteiger partial charge in [0.05, 0.1) is 0 Å². The van der Waals surface area contributed by atoms with Crippen LogP contribution < -0.4 is 9.62 Å². The van der Waals surface area contributed by atoms with Crippen molar-refractivity contribution in [1.29, 1.82) is 0 Å². The summed E-state index contributed by atoms with van der Waals surface area (Å²) >= 11 is 1.17. The Morgan fingerprint density at radius 3 is 2.58 bits per heavy atom. The van der Waals surface area contributed by atoms with Crippen LogP contribution in [0.2, 0.25) is 0 Å². The summed E-state index contributed by atoms with van der Waals surface area (Å²) in [5.41, 5.74) is 2.96. The molecule has 0 fully saturated rings. The number of hydrogen-bond donors (Lipinski definition) is 1. The average molecular weight is 367 g/mol. The molecule has 7 heteroatoms. The van der Waals surface area contributed by atoms with Crippen molar-refractivity contribution in [2.24, 2.45) is 0 Å². The number of nitrogens with zero attached hydrogens (tertiary/aromatic N) is 1. The van der Waals surface area contributed by atoms with Gasteiger partial charge in [0.2, 0.25) is 15.9 Å². The van der Waals surface area contributed by atoms with E-state index in [-0.39, 0.29) is 23.2 Å². The van der Waals surface area contributed by atoms with Crippen molar-refractivity contribution in [2.45, 2.75) is 31.4 Å². The standard InChI is InChI=1S/C17H22N2O3S2/c1-4-15-8-5-7-13(2)17(15)19(14(3)20)11-10-18-24(21,22)16-9-6-12-23-16/h5-9,12,18H,4,10-11H2,1-3H3. The quantitative estimate of drug-likeness (QED) is 0.819. The summed E-state index contributed by atoms with van der Waals surface area (Å²) in [6.07, 6.45) is 0.807. The van der Waals surface area contributed by atoms with E-state index in [2.05, 4.69) is 4.72 Å². The first-order chi connectivity index (χ1) is 11.4. The zero-order valence-electron chi connectivity index (χ0n) is 14.1. The Morgan fingerprint density at radius 1 is 1.25 bits per heavy atom. The summed E-state index contributed by atoms with van der Waals surface area (Å²) in [7, 11) is -3.52. The number of benzene rings is 1. The molecule has 130 valence electrons. The van der Waals surface area contributed by atoms with Gasteiger partial charge in [-0.25, -0.2) is 13.1 Å². The van der Waals surface area contributed by atoms with Crippen LogP contribution in [0, 0.1) is 6.92 Å². The molecule has 0 saturated heterocycles. The maximum atomic E-state index is 12.2. The lowest BCUT2D eigenvalue weighted by Gasteiger charge is -2.26. The Bertz CT molecular complexity index is 799. The molecule has 1 N–H and O–H groups in total. The minimum Gasteiger partial charge on any atom is -0.311 e. The molecule has 1 heterocycles. The lowest BCUT2D eigenvalue weighted by molar-refractivity contribution is -0.116. The number of hydrogen-bond acceptors (Lipinski definition) is 4. The third-order valence-electron chi connectivity index (χ3n) is 3.74. The highest BCUT2D eigenvalue weighted by molar-refractivity contribution is 7.91. The fraction of sp³-hybridized carbons (Fsp3) is 0.353. The topological polar surface area (TPSA) is 66.5 Å². The van der Waals surface area contributed by atoms with Gasteiger partial charge < -0.3 is 4.90 Å². The van der Waals surface area contributed by atoms with E-state index < -0.39 is 10.0 Å². The second kappa shape index (κ2) is 7.92. The van der Waals surface area contributed by atoms with E-state index >= 15 is 0 Å². The second-order valence-electron chi connectivity index (χ2n) is 5.44. The molecule has 0 spiro atoms. The SMILES string of the molecule is CCc1cccc(C)c1N(CCNS(=O)(=O)c1cccs1)C(C)=O. The second-order valence-corrected chi connectivity index (χ2v) is 8.38. The molecule has 2 rings (SSSR count). The number of aryl methyl sites for hydroxylation is 2. The smallest absolute Gasteiger partial charge is 0.250 e. The van der Waals surface area contributed by atoms with Gasteiger partial charge in [-0.2, -0.15) is 0 Å². The minimum atomic E-state index is -3.52. The normalized spacial score (nSPS) is 11.5. The first-order valence-electron chi connectivity index (χ1n) is 7.76. The first kappa shape index (κ1) is 18.6. The number of anilines is 1. The number of sulfonamides is 1. The highest BCUT2D eigenvalue weighted by Gasteiger charge is 2.19. The largest absolute Gasteiger partial charge is 0.311 e. The molecule has 0 bridgehead atoms. The zero-order chi connectivity index (χ0) is 17.7. The van der Waals surface area contributed by atoms with Crippen molar-refractivity contribution in [1.82, 2.24) is 4.72 Å². The number of amides is 1. The van der Waals surface area contributed by atoms with Gasteiger partial charge in [0.15, 0.2) is 0 Å². The maximum Gasteiger partial charge on any atom is 0.250 e. The average Bonchev–Trinajstić information content (AvgIpc) is 3.07. The predicted octanol–water partition coefficient (Wildman–Crippen LogP) is 2.95. The fourth-order valence-electron chi connectivity index (χ4n) is 2.60. The molecule has 0 aliphatic rings. The van der Waals surface area contributed by atoms with Gasteiger partial charge in [-0.1, -0.05) is 31.2 Å². The lowest BCUT2D eigenvalue weighted by Crippen LogP contribution is -2.38. The molecule has 2 aromatic rings. The number of carbonyl (C=O) groups excluding carboxylic acids is 1. The van der Waals surface area contributed by atoms with Gasteiger partial charge >= 0.3 is 0 Å². The van der Waals surface area contributed by atoms with Crippen molar-refractivity contribution in [2.75, 3.05) is 18.0 Å². The first-order valence-corrected chi connectivity index (χ1v) is 10.1. The summed E-state index contributed by atoms with van der Waals surface area (Å²) in [6.45, 7) is 5.95. The van der Waals surface area contributed by atoms with Crippen LogP contribution in [-0.2, 0) is 21.2 Å². The van der Waals surface area contributed by atoms with Crippen molar-refractivity contribution in [3.63, 3.8) is 0 Å². The van der Waals surface area contributed by atoms with Gasteiger partial charge in [-0.3, -0.25) is 4.79 Å². The molecule has 0 aliphatic heterocycles. The highest BCUT2D eigenvalue weighted by Crippen LogP contribution is 2.26. The molecular weight excluding hydrogens is 344 g/mol. The van der Waals surface area contributed by atoms with E-state index in [1.807, 2.05) is 32.0 Å². The van der Waals surface area contributed by atoms with Gasteiger partial charge in [-0.15, -0.1) is 11.3 Å². The van der Waals surface area contributed by atoms with E-state index in [1.165, 1.54) is 18.3 Å². The van der Waals surface area contributed by atoms with Crippen molar-refractivity contribution >= 4 is 33.0 Å². The summed E-state index contributed by atoms with van der Waals surface area (Å²) in [5, 5.41) is 1.72. The van der Waals surface area contributed by atoms with Crippen LogP contribution in [0.1, 0.15) is 25.0 Å². The van der Waals surface area contributed by atoms with Crippen LogP contribution in [0.15, 0.2) is 39.9 Å². The number of para-hydroxylation sites is 1. The molecule has 0 unspecified atom stereocenters. The Labute approximate surface area is 147 Å². The van der Waals surface area contributed by atoms with Crippen molar-refractivity contribution < 1.29 is 13.2 Å². The van der Waals surface area contributed by atoms with E-state index in [0.717, 1.165) is 23.2 Å². The molecule has 0 atom stereocenters. The third-order valence-corrected chi connectivity index (χ3v) is 6.60. The zero-order valence-corrected chi connectivity index (χ0v) is 15.7. The molecule has 24 heavy (non-hydrogen) atoms. The molecule has 5 nitrogen and oxygen atoms in total. The van der Waals surface area contributed by atoms with E-state index in [0.29, 0.717) is 0 Å². The van der Waals surface area contributed by atoms with Gasteiger partial charge in [-0.05, 0) is 35.9 Å². The maximum absolute atomic E-state index is 12.2. The Balaban J connectivity index is 2.15. The van der Waals surface area contributed by atoms with E-state index in [4.69, 9.17) is 0 Å². The molecule has 1 aromatic carbocycles. The van der Waals surface area contributed by atoms with Crippen molar-refractivity contribution in [3.05, 3.63) is 46.8 Å². The summed E-state index contributed by atoms with van der Waals surface area (Å²) in [6, 6.07) is 9.18. The van der Waals surface area contributed by atoms with Gasteiger partial charge in [0.25, 0.3) is 0 Å². The molecule has 1 amide bonds. The van der Waals surface area contributed by atoms with Crippen LogP contribution in [-0.4, -0.2) is 27.4 Å². The fourth-order valence-corrected chi connectivity index (χ4v) is 4.66. The van der Waals surface area contributed by atoms with Crippen LogP contribution in [0.3, 0.4) is 0 Å². The van der Waals surface area contributed by atoms with Crippen LogP contribution >= 0.6 is 11.3 Å². The lowest BCUT2D eigenvalue weighted by atomic mass is 10.0. The van der Waals surface area contributed by atoms with Crippen LogP contribution in [0.25, 0.3) is 0 Å². The van der Waals surface area contributed by atoms with Crippen molar-refractivity contribution in [3.8, 4) is 0 Å². The summed E-state index contributed by atoms with van der Waals surface area (Å²) in [4.78, 5) is 13.7. The van der Waals surface area contributed by atoms with E-state index in [9.17, 15) is 13.2 Å². The van der Waals surface area contributed by atoms with Crippen LogP contribution in [0.5, 0.6) is 0 Å². The Kier molecular flexibility index (Phi) is 6.15. The number of rotatable bonds is 7. The van der Waals surface area contributed by atoms with Gasteiger partial charge in [0.1, 0.15) is 4.21 Å². The Morgan fingerprint density at radius 2 is 2.00 bits per heavy atom. The van der Waals surface area contributed by atoms with Gasteiger partial charge in [0, 0.05) is 25.7 Å². The third kappa shape index (κ3) is 4.23. The minimum absolute atomic E-state index is 0.102. The monoisotopic (exact) mass is 366 g/mol. The Hall–Kier alpha value is -1.70. The predicted molar refractivity (Wildman–Crippen MR) is 98.1 cm³/mol.